The molecule has 3 N–H and O–H groups in total. The van der Waals surface area contributed by atoms with Crippen molar-refractivity contribution in [2.75, 3.05) is 12.8 Å². The van der Waals surface area contributed by atoms with Crippen LogP contribution in [0.2, 0.25) is 0 Å². The Kier molecular flexibility index (Phi) is 2.68. The summed E-state index contributed by atoms with van der Waals surface area (Å²) in [6.45, 7) is 1.90. The minimum atomic E-state index is 0.495. The monoisotopic (exact) mass is 219 g/mol. The Bertz CT molecular complexity index is 494. The molecule has 1 heterocycles. The summed E-state index contributed by atoms with van der Waals surface area (Å²) in [6.07, 6.45) is 0. The van der Waals surface area contributed by atoms with E-state index in [0.29, 0.717) is 23.1 Å². The van der Waals surface area contributed by atoms with Crippen molar-refractivity contribution < 1.29 is 9.47 Å². The molecule has 0 amide bonds. The summed E-state index contributed by atoms with van der Waals surface area (Å²) in [7, 11) is 1.59. The number of rotatable bonds is 3. The zero-order valence-corrected chi connectivity index (χ0v) is 9.15. The van der Waals surface area contributed by atoms with Crippen molar-refractivity contribution in [3.05, 3.63) is 30.0 Å². The van der Waals surface area contributed by atoms with Gasteiger partial charge < -0.3 is 15.2 Å². The van der Waals surface area contributed by atoms with E-state index in [2.05, 4.69) is 10.2 Å². The topological polar surface area (TPSA) is 73.2 Å². The number of hydrogen-bond acceptors (Lipinski definition) is 4. The highest BCUT2D eigenvalue weighted by Crippen LogP contribution is 2.29. The van der Waals surface area contributed by atoms with E-state index in [4.69, 9.17) is 15.2 Å². The van der Waals surface area contributed by atoms with Crippen LogP contribution in [0.1, 0.15) is 5.69 Å². The summed E-state index contributed by atoms with van der Waals surface area (Å²) in [4.78, 5) is 0. The van der Waals surface area contributed by atoms with Gasteiger partial charge in [-0.15, -0.1) is 5.10 Å². The number of benzene rings is 1. The molecule has 0 aliphatic heterocycles. The number of methoxy groups -OCH3 is 1. The third kappa shape index (κ3) is 2.08. The van der Waals surface area contributed by atoms with E-state index in [1.807, 2.05) is 6.92 Å². The second-order valence-electron chi connectivity index (χ2n) is 3.40. The quantitative estimate of drug-likeness (QED) is 0.775. The fourth-order valence-electron chi connectivity index (χ4n) is 1.30. The number of nitrogens with two attached hydrogens (primary N) is 1. The minimum absolute atomic E-state index is 0.495. The summed E-state index contributed by atoms with van der Waals surface area (Å²) in [5, 5.41) is 6.75. The van der Waals surface area contributed by atoms with Gasteiger partial charge in [-0.1, -0.05) is 0 Å². The number of nitrogen functional groups attached to an aromatic ring is 1. The lowest BCUT2D eigenvalue weighted by Crippen LogP contribution is -1.93. The molecule has 0 fully saturated rings. The van der Waals surface area contributed by atoms with Crippen LogP contribution in [0.4, 0.5) is 5.69 Å². The van der Waals surface area contributed by atoms with E-state index in [1.165, 1.54) is 0 Å². The first kappa shape index (κ1) is 10.4. The Morgan fingerprint density at radius 1 is 1.31 bits per heavy atom. The molecule has 1 aromatic heterocycles. The van der Waals surface area contributed by atoms with Crippen LogP contribution in [0.25, 0.3) is 0 Å². The highest BCUT2D eigenvalue weighted by Gasteiger charge is 2.05. The van der Waals surface area contributed by atoms with Crippen molar-refractivity contribution in [2.24, 2.45) is 0 Å². The Hall–Kier alpha value is -2.17. The first-order valence-corrected chi connectivity index (χ1v) is 4.82. The fraction of sp³-hybridized carbons (Fsp3) is 0.182. The summed E-state index contributed by atoms with van der Waals surface area (Å²) < 4.78 is 10.6. The molecule has 5 nitrogen and oxygen atoms in total. The maximum atomic E-state index is 5.81. The molecule has 1 aromatic carbocycles. The van der Waals surface area contributed by atoms with Crippen molar-refractivity contribution in [1.29, 1.82) is 0 Å². The van der Waals surface area contributed by atoms with Crippen LogP contribution in [0.5, 0.6) is 17.4 Å². The molecular formula is C11H13N3O2. The summed E-state index contributed by atoms with van der Waals surface area (Å²) in [5.74, 6) is 1.75. The Morgan fingerprint density at radius 3 is 2.69 bits per heavy atom. The maximum absolute atomic E-state index is 5.81. The summed E-state index contributed by atoms with van der Waals surface area (Å²) in [6, 6.07) is 7.03. The van der Waals surface area contributed by atoms with E-state index in [1.54, 1.807) is 31.4 Å². The molecule has 5 heteroatoms. The standard InChI is InChI=1S/C11H13N3O2/c1-7-5-11(14-13-7)16-10-4-3-8(15-2)6-9(10)12/h3-6H,12H2,1-2H3,(H,13,14). The van der Waals surface area contributed by atoms with E-state index >= 15 is 0 Å². The van der Waals surface area contributed by atoms with Crippen LogP contribution in [0.15, 0.2) is 24.3 Å². The van der Waals surface area contributed by atoms with Gasteiger partial charge in [-0.05, 0) is 19.1 Å². The number of aryl methyl sites for hydroxylation is 1. The molecule has 84 valence electrons. The highest BCUT2D eigenvalue weighted by atomic mass is 16.5. The van der Waals surface area contributed by atoms with E-state index in [0.717, 1.165) is 5.69 Å². The van der Waals surface area contributed by atoms with Crippen LogP contribution in [-0.4, -0.2) is 17.3 Å². The van der Waals surface area contributed by atoms with Gasteiger partial charge in [0, 0.05) is 17.8 Å². The van der Waals surface area contributed by atoms with Gasteiger partial charge in [0.05, 0.1) is 12.8 Å². The molecular weight excluding hydrogens is 206 g/mol. The third-order valence-electron chi connectivity index (χ3n) is 2.11. The summed E-state index contributed by atoms with van der Waals surface area (Å²) >= 11 is 0. The lowest BCUT2D eigenvalue weighted by molar-refractivity contribution is 0.412. The van der Waals surface area contributed by atoms with Crippen molar-refractivity contribution in [2.45, 2.75) is 6.92 Å². The smallest absolute Gasteiger partial charge is 0.238 e. The number of hydrogen-bond donors (Lipinski definition) is 2. The number of aromatic nitrogens is 2. The third-order valence-corrected chi connectivity index (χ3v) is 2.11. The normalized spacial score (nSPS) is 10.1. The molecule has 0 unspecified atom stereocenters. The number of nitrogens with zero attached hydrogens (tertiary/aromatic N) is 1. The van der Waals surface area contributed by atoms with Gasteiger partial charge in [-0.3, -0.25) is 5.10 Å². The Labute approximate surface area is 93.2 Å². The molecule has 0 saturated heterocycles. The van der Waals surface area contributed by atoms with Crippen molar-refractivity contribution in [3.8, 4) is 17.4 Å². The SMILES string of the molecule is COc1ccc(Oc2cc(C)[nH]n2)c(N)c1. The van der Waals surface area contributed by atoms with Gasteiger partial charge in [-0.2, -0.15) is 0 Å². The van der Waals surface area contributed by atoms with Crippen LogP contribution < -0.4 is 15.2 Å². The lowest BCUT2D eigenvalue weighted by Gasteiger charge is -2.07. The first-order chi connectivity index (χ1) is 7.69. The fourth-order valence-corrected chi connectivity index (χ4v) is 1.30. The molecule has 2 aromatic rings. The second kappa shape index (κ2) is 4.14. The molecule has 0 radical (unpaired) electrons. The molecule has 0 atom stereocenters. The predicted molar refractivity (Wildman–Crippen MR) is 60.8 cm³/mol. The second-order valence-corrected chi connectivity index (χ2v) is 3.40. The van der Waals surface area contributed by atoms with E-state index in [9.17, 15) is 0 Å². The zero-order valence-electron chi connectivity index (χ0n) is 9.15. The van der Waals surface area contributed by atoms with Crippen molar-refractivity contribution in [1.82, 2.24) is 10.2 Å². The Balaban J connectivity index is 2.21. The number of anilines is 1. The molecule has 0 aliphatic rings. The molecule has 0 spiro atoms. The van der Waals surface area contributed by atoms with E-state index < -0.39 is 0 Å². The highest BCUT2D eigenvalue weighted by molar-refractivity contribution is 5.57. The Morgan fingerprint density at radius 2 is 2.12 bits per heavy atom. The minimum Gasteiger partial charge on any atom is -0.497 e. The predicted octanol–water partition coefficient (Wildman–Crippen LogP) is 2.10. The molecule has 0 aliphatic carbocycles. The van der Waals surface area contributed by atoms with Gasteiger partial charge in [0.2, 0.25) is 5.88 Å². The lowest BCUT2D eigenvalue weighted by atomic mass is 10.3. The van der Waals surface area contributed by atoms with Gasteiger partial charge in [0.1, 0.15) is 5.75 Å². The van der Waals surface area contributed by atoms with Gasteiger partial charge in [-0.25, -0.2) is 0 Å². The van der Waals surface area contributed by atoms with Crippen molar-refractivity contribution in [3.63, 3.8) is 0 Å². The molecule has 2 rings (SSSR count). The van der Waals surface area contributed by atoms with Crippen molar-refractivity contribution >= 4 is 5.69 Å². The number of nitrogens with one attached hydrogen (secondary N) is 1. The summed E-state index contributed by atoms with van der Waals surface area (Å²) in [5.41, 5.74) is 7.25. The number of ether oxygens (including phenoxy) is 2. The van der Waals surface area contributed by atoms with Gasteiger partial charge in [0.25, 0.3) is 0 Å². The van der Waals surface area contributed by atoms with Crippen LogP contribution in [0, 0.1) is 6.92 Å². The average Bonchev–Trinajstić information content (AvgIpc) is 2.67. The van der Waals surface area contributed by atoms with Crippen LogP contribution >= 0.6 is 0 Å². The molecule has 16 heavy (non-hydrogen) atoms. The maximum Gasteiger partial charge on any atom is 0.238 e. The van der Waals surface area contributed by atoms with E-state index in [-0.39, 0.29) is 0 Å². The molecule has 0 saturated carbocycles. The molecule has 0 bridgehead atoms. The van der Waals surface area contributed by atoms with Crippen LogP contribution in [0.3, 0.4) is 0 Å². The first-order valence-electron chi connectivity index (χ1n) is 4.82. The zero-order chi connectivity index (χ0) is 11.5. The number of aromatic amines is 1. The van der Waals surface area contributed by atoms with Gasteiger partial charge in [0.15, 0.2) is 5.75 Å². The van der Waals surface area contributed by atoms with Gasteiger partial charge >= 0.3 is 0 Å². The average molecular weight is 219 g/mol. The number of H-pyrrole nitrogens is 1. The largest absolute Gasteiger partial charge is 0.497 e. The van der Waals surface area contributed by atoms with Crippen LogP contribution in [-0.2, 0) is 0 Å².